The third-order valence-corrected chi connectivity index (χ3v) is 23.6. The van der Waals surface area contributed by atoms with Gasteiger partial charge in [0.1, 0.15) is 52.1 Å². The summed E-state index contributed by atoms with van der Waals surface area (Å²) in [7, 11) is 0. The Morgan fingerprint density at radius 3 is 0.699 bits per heavy atom. The topological polar surface area (TPSA) is 173 Å². The van der Waals surface area contributed by atoms with E-state index in [4.69, 9.17) is 33.2 Å². The van der Waals surface area contributed by atoms with Crippen molar-refractivity contribution in [2.75, 3.05) is 0 Å². The smallest absolute Gasteiger partial charge is 0.411 e. The minimum atomic E-state index is -5.94. The standard InChI is InChI=1S/C48H42F12O6.C46H46F12O7.2CH4/c1-6-42(5,41(63)66-39-26-18-35(19-27-39)43(45(49,50)51,46(52,53)54)32-12-20-36(61)21-13-32)29(3)28(2)40(62)65-38-24-16-34(17-25-38)44(47(55,56)57,48(58,59)60)33-14-22-37(23-15-33)64-30(4)31-10-8-7-9-11-31;1-9-40(8,38(61)64-36-24-16-32(17-25-36)41(43(47,48)49,44(50,51)52)29-10-18-33(59)19-11-29)27(3)26(2)37(60)63-35-22-14-31(15-23-35)42(45(53,54)55,46(56,57)58)30-12-20-34(21-13-30)62-28(4)65-39(5,6)7;;/h7-30,61H,6H2,1-5H3;10-28,59H,9H2,1-8H3;2*1H4. The Bertz CT molecular complexity index is 5280. The van der Waals surface area contributed by atoms with Crippen LogP contribution in [0.1, 0.15) is 174 Å². The first-order valence-electron chi connectivity index (χ1n) is 39.9. The second kappa shape index (κ2) is 40.6. The Labute approximate surface area is 750 Å². The molecule has 0 amide bonds. The summed E-state index contributed by atoms with van der Waals surface area (Å²) in [6, 6.07) is 29.7. The van der Waals surface area contributed by atoms with Crippen LogP contribution < -0.4 is 28.4 Å². The van der Waals surface area contributed by atoms with Crippen LogP contribution in [0.15, 0.2) is 224 Å². The van der Waals surface area contributed by atoms with Crippen molar-refractivity contribution in [1.82, 2.24) is 0 Å². The van der Waals surface area contributed by atoms with Crippen LogP contribution in [-0.2, 0) is 45.6 Å². The molecule has 9 aromatic carbocycles. The number of phenols is 2. The number of esters is 4. The third kappa shape index (κ3) is 22.2. The lowest BCUT2D eigenvalue weighted by Gasteiger charge is -2.38. The number of alkyl halides is 24. The molecule has 8 unspecified atom stereocenters. The summed E-state index contributed by atoms with van der Waals surface area (Å²) in [5.41, 5.74) is -31.2. The van der Waals surface area contributed by atoms with Gasteiger partial charge in [0.05, 0.1) is 28.3 Å². The monoisotopic (exact) mass is 1910 g/mol. The lowest BCUT2D eigenvalue weighted by molar-refractivity contribution is -0.290. The predicted octanol–water partition coefficient (Wildman–Crippen LogP) is 27.8. The highest BCUT2D eigenvalue weighted by molar-refractivity contribution is 5.83. The van der Waals surface area contributed by atoms with E-state index in [9.17, 15) is 135 Å². The van der Waals surface area contributed by atoms with Gasteiger partial charge < -0.3 is 43.4 Å². The van der Waals surface area contributed by atoms with Crippen molar-refractivity contribution >= 4 is 23.9 Å². The lowest BCUT2D eigenvalue weighted by atomic mass is 9.70. The summed E-state index contributed by atoms with van der Waals surface area (Å²) in [5.74, 6) is -11.7. The normalized spacial score (nSPS) is 15.2. The Balaban J connectivity index is 0.000000403. The molecule has 0 radical (unpaired) electrons. The van der Waals surface area contributed by atoms with Crippen molar-refractivity contribution in [3.05, 3.63) is 275 Å². The molecule has 13 nitrogen and oxygen atoms in total. The van der Waals surface area contributed by atoms with E-state index in [0.29, 0.717) is 127 Å². The van der Waals surface area contributed by atoms with E-state index >= 15 is 0 Å². The van der Waals surface area contributed by atoms with Crippen molar-refractivity contribution in [2.24, 2.45) is 34.5 Å². The summed E-state index contributed by atoms with van der Waals surface area (Å²) < 4.78 is 391. The first kappa shape index (κ1) is 110. The van der Waals surface area contributed by atoms with E-state index in [1.165, 1.54) is 62.3 Å². The van der Waals surface area contributed by atoms with E-state index in [1.807, 2.05) is 0 Å². The zero-order chi connectivity index (χ0) is 98.6. The molecule has 0 heterocycles. The molecular formula is C96H96F24O13. The van der Waals surface area contributed by atoms with Crippen LogP contribution in [0.3, 0.4) is 0 Å². The highest BCUT2D eigenvalue weighted by Crippen LogP contribution is 2.62. The number of halogens is 24. The number of phenolic OH excluding ortho intramolecular Hbond substituents is 2. The van der Waals surface area contributed by atoms with Gasteiger partial charge in [-0.25, -0.2) is 0 Å². The molecule has 0 aliphatic carbocycles. The Morgan fingerprint density at radius 2 is 0.489 bits per heavy atom. The fourth-order valence-corrected chi connectivity index (χ4v) is 15.4. The van der Waals surface area contributed by atoms with Gasteiger partial charge in [-0.2, -0.15) is 105 Å². The zero-order valence-electron chi connectivity index (χ0n) is 71.7. The van der Waals surface area contributed by atoms with Gasteiger partial charge in [0.15, 0.2) is 6.29 Å². The number of carbonyl (C=O) groups is 4. The number of rotatable bonds is 28. The third-order valence-electron chi connectivity index (χ3n) is 23.6. The molecule has 0 aliphatic heterocycles. The maximum Gasteiger partial charge on any atom is 0.411 e. The minimum absolute atomic E-state index is 0. The molecule has 2 N–H and O–H groups in total. The molecular weight excluding hydrogens is 1820 g/mol. The van der Waals surface area contributed by atoms with Crippen molar-refractivity contribution in [3.8, 4) is 46.0 Å². The summed E-state index contributed by atoms with van der Waals surface area (Å²) in [5, 5.41) is 19.0. The number of hydrogen-bond donors (Lipinski definition) is 2. The molecule has 37 heteroatoms. The minimum Gasteiger partial charge on any atom is -0.508 e. The fourth-order valence-electron chi connectivity index (χ4n) is 15.4. The Morgan fingerprint density at radius 1 is 0.286 bits per heavy atom. The quantitative estimate of drug-likeness (QED) is 0.0205. The second-order valence-electron chi connectivity index (χ2n) is 32.6. The van der Waals surface area contributed by atoms with Crippen LogP contribution in [0.5, 0.6) is 46.0 Å². The zero-order valence-corrected chi connectivity index (χ0v) is 71.7. The molecule has 0 aromatic heterocycles. The largest absolute Gasteiger partial charge is 0.508 e. The number of benzene rings is 9. The van der Waals surface area contributed by atoms with E-state index in [0.717, 1.165) is 72.8 Å². The molecule has 0 aliphatic rings. The first-order valence-corrected chi connectivity index (χ1v) is 39.9. The van der Waals surface area contributed by atoms with Gasteiger partial charge >= 0.3 is 73.3 Å². The van der Waals surface area contributed by atoms with Gasteiger partial charge in [-0.1, -0.05) is 184 Å². The van der Waals surface area contributed by atoms with Crippen molar-refractivity contribution in [2.45, 2.75) is 207 Å². The average molecular weight is 1910 g/mol. The van der Waals surface area contributed by atoms with Crippen LogP contribution in [0.4, 0.5) is 105 Å². The van der Waals surface area contributed by atoms with Gasteiger partial charge in [0, 0.05) is 0 Å². The molecule has 133 heavy (non-hydrogen) atoms. The molecule has 0 saturated heterocycles. The predicted molar refractivity (Wildman–Crippen MR) is 442 cm³/mol. The number of aromatic hydroxyl groups is 2. The first-order chi connectivity index (χ1) is 60.2. The van der Waals surface area contributed by atoms with Gasteiger partial charge in [-0.05, 0) is 220 Å². The molecule has 8 atom stereocenters. The van der Waals surface area contributed by atoms with Crippen LogP contribution >= 0.6 is 0 Å². The van der Waals surface area contributed by atoms with E-state index < -0.39 is 226 Å². The highest BCUT2D eigenvalue weighted by atomic mass is 19.4. The lowest BCUT2D eigenvalue weighted by Crippen LogP contribution is -2.54. The van der Waals surface area contributed by atoms with Crippen LogP contribution in [0.2, 0.25) is 0 Å². The Hall–Kier alpha value is -11.7. The maximum atomic E-state index is 14.9. The second-order valence-corrected chi connectivity index (χ2v) is 32.6. The van der Waals surface area contributed by atoms with Crippen molar-refractivity contribution in [3.63, 3.8) is 0 Å². The van der Waals surface area contributed by atoms with E-state index in [2.05, 4.69) is 0 Å². The number of hydrogen-bond acceptors (Lipinski definition) is 13. The van der Waals surface area contributed by atoms with E-state index in [-0.39, 0.29) is 39.2 Å². The van der Waals surface area contributed by atoms with E-state index in [1.54, 1.807) is 58.0 Å². The maximum absolute atomic E-state index is 14.9. The molecule has 0 saturated carbocycles. The van der Waals surface area contributed by atoms with Crippen molar-refractivity contribution in [1.29, 1.82) is 0 Å². The summed E-state index contributed by atoms with van der Waals surface area (Å²) in [6.45, 7) is 19.6. The molecule has 0 fully saturated rings. The van der Waals surface area contributed by atoms with Gasteiger partial charge in [0.2, 0.25) is 21.7 Å². The molecule has 0 spiro atoms. The molecule has 9 rings (SSSR count). The molecule has 9 aromatic rings. The SMILES string of the molecule is C.C.CCC(C)(C(=O)Oc1ccc(C(c2ccc(O)cc2)(C(F)(F)F)C(F)(F)F)cc1)C(C)C(C)C(=O)Oc1ccc(C(c2ccc(OC(C)OC(C)(C)C)cc2)(C(F)(F)F)C(F)(F)F)cc1.CCC(C)(C(=O)Oc1ccc(C(c2ccc(O)cc2)(C(F)(F)F)C(F)(F)F)cc1)C(C)C(C)C(=O)Oc1ccc(C(c2ccc(OC(C)c3ccccc3)cc2)(C(F)(F)F)C(F)(F)F)cc1. The van der Waals surface area contributed by atoms with Gasteiger partial charge in [0.25, 0.3) is 0 Å². The van der Waals surface area contributed by atoms with Gasteiger partial charge in [-0.3, -0.25) is 19.2 Å². The summed E-state index contributed by atoms with van der Waals surface area (Å²) in [6.07, 6.45) is -49.1. The number of ether oxygens (including phenoxy) is 7. The van der Waals surface area contributed by atoms with Crippen LogP contribution in [0.25, 0.3) is 0 Å². The molecule has 0 bridgehead atoms. The Kier molecular flexibility index (Phi) is 33.6. The highest BCUT2D eigenvalue weighted by Gasteiger charge is 2.76. The van der Waals surface area contributed by atoms with Crippen LogP contribution in [0, 0.1) is 34.5 Å². The molecule has 726 valence electrons. The fraction of sp³-hybridized carbons (Fsp3) is 0.396. The van der Waals surface area contributed by atoms with Crippen molar-refractivity contribution < 1.29 is 168 Å². The summed E-state index contributed by atoms with van der Waals surface area (Å²) in [4.78, 5) is 54.0. The number of carbonyl (C=O) groups excluding carboxylic acids is 4. The summed E-state index contributed by atoms with van der Waals surface area (Å²) >= 11 is 0. The average Bonchev–Trinajstić information content (AvgIpc) is 0.729. The van der Waals surface area contributed by atoms with Gasteiger partial charge in [-0.15, -0.1) is 0 Å². The van der Waals surface area contributed by atoms with Crippen LogP contribution in [-0.4, -0.2) is 95.4 Å².